The van der Waals surface area contributed by atoms with Gasteiger partial charge in [0.1, 0.15) is 35.0 Å². The van der Waals surface area contributed by atoms with E-state index in [0.717, 1.165) is 0 Å². The molecule has 1 fully saturated rings. The molecule has 0 aliphatic carbocycles. The molecular formula is C23H20O13. The maximum Gasteiger partial charge on any atom is 0.335 e. The number of aliphatic carboxylic acids is 1. The minimum absolute atomic E-state index is 0.0287. The number of ether oxygens (including phenoxy) is 5. The number of aliphatic hydroxyl groups excluding tert-OH is 3. The summed E-state index contributed by atoms with van der Waals surface area (Å²) >= 11 is 0. The topological polar surface area (TPSA) is 195 Å². The fourth-order valence-corrected chi connectivity index (χ4v) is 4.02. The van der Waals surface area contributed by atoms with Crippen LogP contribution in [0.4, 0.5) is 0 Å². The molecule has 5 atom stereocenters. The molecule has 1 aromatic heterocycles. The highest BCUT2D eigenvalue weighted by Gasteiger charge is 2.48. The van der Waals surface area contributed by atoms with Crippen LogP contribution in [0, 0.1) is 0 Å². The van der Waals surface area contributed by atoms with Gasteiger partial charge in [0.25, 0.3) is 0 Å². The average Bonchev–Trinajstić information content (AvgIpc) is 3.33. The molecule has 3 aromatic rings. The Morgan fingerprint density at radius 3 is 2.44 bits per heavy atom. The molecule has 13 heteroatoms. The van der Waals surface area contributed by atoms with Gasteiger partial charge in [0.15, 0.2) is 23.4 Å². The smallest absolute Gasteiger partial charge is 0.335 e. The number of carbonyl (C=O) groups is 1. The second-order valence-corrected chi connectivity index (χ2v) is 8.00. The Morgan fingerprint density at radius 2 is 1.78 bits per heavy atom. The van der Waals surface area contributed by atoms with Gasteiger partial charge in [0.2, 0.25) is 30.0 Å². The van der Waals surface area contributed by atoms with Gasteiger partial charge >= 0.3 is 5.97 Å². The first kappa shape index (κ1) is 23.7. The van der Waals surface area contributed by atoms with E-state index >= 15 is 0 Å². The van der Waals surface area contributed by atoms with Crippen molar-refractivity contribution in [1.29, 1.82) is 0 Å². The van der Waals surface area contributed by atoms with Crippen molar-refractivity contribution in [3.8, 4) is 40.1 Å². The van der Waals surface area contributed by atoms with Crippen LogP contribution in [0.15, 0.2) is 39.5 Å². The molecule has 0 radical (unpaired) electrons. The van der Waals surface area contributed by atoms with Crippen molar-refractivity contribution in [2.45, 2.75) is 30.7 Å². The third-order valence-corrected chi connectivity index (χ3v) is 5.84. The van der Waals surface area contributed by atoms with Crippen LogP contribution in [0.5, 0.6) is 28.7 Å². The number of aromatic hydroxyl groups is 1. The summed E-state index contributed by atoms with van der Waals surface area (Å²) in [4.78, 5) is 24.4. The lowest BCUT2D eigenvalue weighted by molar-refractivity contribution is -0.271. The van der Waals surface area contributed by atoms with Gasteiger partial charge in [-0.25, -0.2) is 4.79 Å². The second kappa shape index (κ2) is 8.87. The third-order valence-electron chi connectivity index (χ3n) is 5.84. The van der Waals surface area contributed by atoms with Crippen molar-refractivity contribution in [3.05, 3.63) is 40.6 Å². The van der Waals surface area contributed by atoms with Crippen LogP contribution >= 0.6 is 0 Å². The van der Waals surface area contributed by atoms with E-state index in [4.69, 9.17) is 33.2 Å². The molecule has 2 aliphatic heterocycles. The Labute approximate surface area is 201 Å². The van der Waals surface area contributed by atoms with Crippen molar-refractivity contribution in [3.63, 3.8) is 0 Å². The van der Waals surface area contributed by atoms with Crippen LogP contribution < -0.4 is 24.4 Å². The Morgan fingerprint density at radius 1 is 1.06 bits per heavy atom. The van der Waals surface area contributed by atoms with E-state index in [-0.39, 0.29) is 46.5 Å². The van der Waals surface area contributed by atoms with E-state index < -0.39 is 47.9 Å². The molecular weight excluding hydrogens is 484 g/mol. The minimum Gasteiger partial charge on any atom is -0.504 e. The molecule has 13 nitrogen and oxygen atoms in total. The van der Waals surface area contributed by atoms with E-state index in [1.807, 2.05) is 0 Å². The Kier molecular flexibility index (Phi) is 5.84. The summed E-state index contributed by atoms with van der Waals surface area (Å²) < 4.78 is 32.2. The van der Waals surface area contributed by atoms with E-state index in [2.05, 4.69) is 0 Å². The molecule has 190 valence electrons. The highest BCUT2D eigenvalue weighted by molar-refractivity contribution is 5.91. The molecule has 2 aromatic carbocycles. The fourth-order valence-electron chi connectivity index (χ4n) is 4.02. The number of rotatable bonds is 5. The number of carboxylic acids is 1. The summed E-state index contributed by atoms with van der Waals surface area (Å²) in [7, 11) is 1.27. The zero-order chi connectivity index (χ0) is 25.7. The molecule has 0 spiro atoms. The number of carboxylic acid groups (broad SMARTS) is 1. The number of phenolic OH excluding ortho intramolecular Hbond substituents is 1. The van der Waals surface area contributed by atoms with Gasteiger partial charge in [-0.05, 0) is 24.3 Å². The van der Waals surface area contributed by atoms with Gasteiger partial charge in [-0.2, -0.15) is 0 Å². The van der Waals surface area contributed by atoms with Crippen LogP contribution in [0.3, 0.4) is 0 Å². The fraction of sp³-hybridized carbons (Fsp3) is 0.304. The van der Waals surface area contributed by atoms with Crippen LogP contribution in [0.25, 0.3) is 22.3 Å². The van der Waals surface area contributed by atoms with Crippen LogP contribution in [-0.2, 0) is 9.53 Å². The third kappa shape index (κ3) is 3.74. The summed E-state index contributed by atoms with van der Waals surface area (Å²) in [5, 5.41) is 49.4. The summed E-state index contributed by atoms with van der Waals surface area (Å²) in [5.74, 6) is -1.76. The summed E-state index contributed by atoms with van der Waals surface area (Å²) in [6.07, 6.45) is -8.78. The standard InChI is InChI=1S/C23H20O13/c1-31-20-14(25)12-10(6-11-19(13(12)24)33-7-32-11)35-18(20)8-2-4-9(5-3-8)34-23-17(28)15(26)16(27)21(36-23)22(29)30/h2-6,15-17,21,23-24,26-28H,7H2,1H3,(H,29,30). The summed E-state index contributed by atoms with van der Waals surface area (Å²) in [6.45, 7) is -0.124. The number of fused-ring (bicyclic) bond motifs is 2. The predicted molar refractivity (Wildman–Crippen MR) is 117 cm³/mol. The van der Waals surface area contributed by atoms with Crippen molar-refractivity contribution in [2.75, 3.05) is 13.9 Å². The lowest BCUT2D eigenvalue weighted by Gasteiger charge is -2.38. The lowest BCUT2D eigenvalue weighted by atomic mass is 9.99. The predicted octanol–water partition coefficient (Wildman–Crippen LogP) is 0.174. The van der Waals surface area contributed by atoms with Gasteiger partial charge < -0.3 is 53.6 Å². The van der Waals surface area contributed by atoms with Gasteiger partial charge in [-0.1, -0.05) is 0 Å². The van der Waals surface area contributed by atoms with Crippen LogP contribution in [0.1, 0.15) is 0 Å². The number of hydrogen-bond donors (Lipinski definition) is 5. The largest absolute Gasteiger partial charge is 0.504 e. The Hall–Kier alpha value is -4.04. The molecule has 5 N–H and O–H groups in total. The van der Waals surface area contributed by atoms with Gasteiger partial charge in [0, 0.05) is 11.6 Å². The van der Waals surface area contributed by atoms with Crippen molar-refractivity contribution in [2.24, 2.45) is 0 Å². The summed E-state index contributed by atoms with van der Waals surface area (Å²) in [5.41, 5.74) is -0.237. The number of aliphatic hydroxyl groups is 3. The first-order chi connectivity index (χ1) is 17.2. The molecule has 0 amide bonds. The van der Waals surface area contributed by atoms with Gasteiger partial charge in [-0.3, -0.25) is 4.79 Å². The maximum absolute atomic E-state index is 13.1. The molecule has 5 unspecified atom stereocenters. The zero-order valence-electron chi connectivity index (χ0n) is 18.5. The molecule has 5 rings (SSSR count). The SMILES string of the molecule is COc1c(-c2ccc(OC3OC(C(=O)O)C(O)C(O)C3O)cc2)oc2cc3c(c(O)c2c1=O)OCO3. The van der Waals surface area contributed by atoms with Crippen LogP contribution in [-0.4, -0.2) is 76.1 Å². The lowest BCUT2D eigenvalue weighted by Crippen LogP contribution is -2.61. The van der Waals surface area contributed by atoms with Crippen molar-refractivity contribution >= 4 is 16.9 Å². The molecule has 0 bridgehead atoms. The van der Waals surface area contributed by atoms with Gasteiger partial charge in [0.05, 0.1) is 7.11 Å². The van der Waals surface area contributed by atoms with Crippen molar-refractivity contribution < 1.29 is 58.4 Å². The highest BCUT2D eigenvalue weighted by Crippen LogP contribution is 2.46. The monoisotopic (exact) mass is 504 g/mol. The average molecular weight is 504 g/mol. The maximum atomic E-state index is 13.1. The Balaban J connectivity index is 1.47. The minimum atomic E-state index is -1.85. The van der Waals surface area contributed by atoms with Crippen molar-refractivity contribution in [1.82, 2.24) is 0 Å². The normalized spacial score (nSPS) is 25.1. The van der Waals surface area contributed by atoms with E-state index in [1.165, 1.54) is 37.4 Å². The summed E-state index contributed by atoms with van der Waals surface area (Å²) in [6, 6.07) is 7.23. The zero-order valence-corrected chi connectivity index (χ0v) is 18.5. The molecule has 36 heavy (non-hydrogen) atoms. The quantitative estimate of drug-likeness (QED) is 0.316. The molecule has 3 heterocycles. The second-order valence-electron chi connectivity index (χ2n) is 8.00. The number of hydrogen-bond acceptors (Lipinski definition) is 12. The molecule has 0 saturated carbocycles. The first-order valence-electron chi connectivity index (χ1n) is 10.6. The highest BCUT2D eigenvalue weighted by atomic mass is 16.7. The van der Waals surface area contributed by atoms with Gasteiger partial charge in [-0.15, -0.1) is 0 Å². The van der Waals surface area contributed by atoms with E-state index in [1.54, 1.807) is 0 Å². The number of benzene rings is 2. The van der Waals surface area contributed by atoms with E-state index in [0.29, 0.717) is 5.56 Å². The number of methoxy groups -OCH3 is 1. The van der Waals surface area contributed by atoms with Crippen LogP contribution in [0.2, 0.25) is 0 Å². The molecule has 2 aliphatic rings. The van der Waals surface area contributed by atoms with E-state index in [9.17, 15) is 30.0 Å². The Bertz CT molecular complexity index is 1380. The first-order valence-corrected chi connectivity index (χ1v) is 10.6. The molecule has 1 saturated heterocycles. The number of phenols is 1.